The van der Waals surface area contributed by atoms with Crippen molar-refractivity contribution in [1.29, 1.82) is 0 Å². The fourth-order valence-corrected chi connectivity index (χ4v) is 3.10. The molecule has 0 saturated heterocycles. The van der Waals surface area contributed by atoms with E-state index in [-0.39, 0.29) is 5.78 Å². The van der Waals surface area contributed by atoms with E-state index in [0.717, 1.165) is 36.2 Å². The minimum atomic E-state index is -0.489. The molecule has 1 aromatic rings. The van der Waals surface area contributed by atoms with Crippen LogP contribution >= 0.6 is 0 Å². The van der Waals surface area contributed by atoms with Crippen LogP contribution in [0, 0.1) is 13.8 Å². The van der Waals surface area contributed by atoms with Crippen molar-refractivity contribution in [3.8, 4) is 5.75 Å². The van der Waals surface area contributed by atoms with Crippen molar-refractivity contribution < 1.29 is 9.53 Å². The molecule has 3 nitrogen and oxygen atoms in total. The maximum Gasteiger partial charge on any atom is 0.186 e. The van der Waals surface area contributed by atoms with Crippen LogP contribution < -0.4 is 4.74 Å². The fourth-order valence-electron chi connectivity index (χ4n) is 3.10. The van der Waals surface area contributed by atoms with Gasteiger partial charge in [0, 0.05) is 0 Å². The zero-order valence-corrected chi connectivity index (χ0v) is 14.5. The predicted molar refractivity (Wildman–Crippen MR) is 88.4 cm³/mol. The van der Waals surface area contributed by atoms with Gasteiger partial charge in [0.25, 0.3) is 0 Å². The summed E-state index contributed by atoms with van der Waals surface area (Å²) in [5.41, 5.74) is 2.33. The largest absolute Gasteiger partial charge is 0.496 e. The lowest BCUT2D eigenvalue weighted by Gasteiger charge is -2.39. The number of hydrogen-bond acceptors (Lipinski definition) is 3. The molecular formula is C18H29NO2. The molecule has 0 heterocycles. The Bertz CT molecular complexity index is 506. The van der Waals surface area contributed by atoms with Crippen molar-refractivity contribution in [1.82, 2.24) is 4.90 Å². The highest BCUT2D eigenvalue weighted by Crippen LogP contribution is 2.32. The summed E-state index contributed by atoms with van der Waals surface area (Å²) in [6, 6.07) is 3.99. The minimum Gasteiger partial charge on any atom is -0.496 e. The summed E-state index contributed by atoms with van der Waals surface area (Å²) in [6.45, 7) is 14.1. The van der Waals surface area contributed by atoms with E-state index in [1.807, 2.05) is 32.9 Å². The van der Waals surface area contributed by atoms with Crippen LogP contribution in [0.1, 0.15) is 55.6 Å². The molecule has 21 heavy (non-hydrogen) atoms. The van der Waals surface area contributed by atoms with E-state index >= 15 is 0 Å². The number of likely N-dealkylation sites (N-methyl/N-ethyl adjacent to an activating group) is 1. The highest BCUT2D eigenvalue weighted by Gasteiger charge is 2.38. The van der Waals surface area contributed by atoms with Crippen molar-refractivity contribution in [3.63, 3.8) is 0 Å². The number of ether oxygens (including phenoxy) is 1. The minimum absolute atomic E-state index is 0.156. The first-order chi connectivity index (χ1) is 9.85. The molecule has 1 aromatic carbocycles. The molecular weight excluding hydrogens is 262 g/mol. The molecule has 0 saturated carbocycles. The number of Topliss-reactive ketones (excluding diaryl/α,β-unsaturated/α-hetero) is 1. The SMILES string of the molecule is CCN(CC)C(C)(CC)C(=O)c1c(C)cc(C)cc1OC. The number of rotatable bonds is 7. The maximum atomic E-state index is 13.2. The van der Waals surface area contributed by atoms with Crippen LogP contribution in [0.4, 0.5) is 0 Å². The summed E-state index contributed by atoms with van der Waals surface area (Å²) < 4.78 is 5.48. The van der Waals surface area contributed by atoms with Crippen molar-refractivity contribution >= 4 is 5.78 Å². The summed E-state index contributed by atoms with van der Waals surface area (Å²) in [5.74, 6) is 0.840. The topological polar surface area (TPSA) is 29.5 Å². The van der Waals surface area contributed by atoms with E-state index in [1.165, 1.54) is 0 Å². The second-order valence-corrected chi connectivity index (χ2v) is 5.79. The lowest BCUT2D eigenvalue weighted by molar-refractivity contribution is 0.0604. The first-order valence-corrected chi connectivity index (χ1v) is 7.80. The van der Waals surface area contributed by atoms with Crippen molar-refractivity contribution in [2.45, 2.75) is 53.5 Å². The third-order valence-electron chi connectivity index (χ3n) is 4.53. The highest BCUT2D eigenvalue weighted by molar-refractivity contribution is 6.06. The standard InChI is InChI=1S/C18H29NO2/c1-8-18(6,19(9-2)10-3)17(20)16-14(5)11-13(4)12-15(16)21-7/h11-12H,8-10H2,1-7H3. The van der Waals surface area contributed by atoms with Gasteiger partial charge in [-0.3, -0.25) is 9.69 Å². The molecule has 0 aliphatic heterocycles. The smallest absolute Gasteiger partial charge is 0.186 e. The number of aryl methyl sites for hydroxylation is 2. The van der Waals surface area contributed by atoms with Crippen LogP contribution in [-0.4, -0.2) is 36.4 Å². The van der Waals surface area contributed by atoms with E-state index in [0.29, 0.717) is 5.75 Å². The van der Waals surface area contributed by atoms with E-state index in [4.69, 9.17) is 4.74 Å². The Hall–Kier alpha value is -1.35. The van der Waals surface area contributed by atoms with Gasteiger partial charge in [-0.2, -0.15) is 0 Å². The number of nitrogens with zero attached hydrogens (tertiary/aromatic N) is 1. The monoisotopic (exact) mass is 291 g/mol. The zero-order valence-electron chi connectivity index (χ0n) is 14.5. The molecule has 0 bridgehead atoms. The molecule has 0 amide bonds. The summed E-state index contributed by atoms with van der Waals surface area (Å²) in [4.78, 5) is 15.5. The second-order valence-electron chi connectivity index (χ2n) is 5.79. The van der Waals surface area contributed by atoms with Crippen LogP contribution in [0.25, 0.3) is 0 Å². The lowest BCUT2D eigenvalue weighted by atomic mass is 9.84. The summed E-state index contributed by atoms with van der Waals surface area (Å²) >= 11 is 0. The number of methoxy groups -OCH3 is 1. The van der Waals surface area contributed by atoms with Gasteiger partial charge in [0.15, 0.2) is 5.78 Å². The number of ketones is 1. The summed E-state index contributed by atoms with van der Waals surface area (Å²) in [6.07, 6.45) is 0.782. The van der Waals surface area contributed by atoms with Crippen LogP contribution in [0.3, 0.4) is 0 Å². The molecule has 1 atom stereocenters. The molecule has 0 spiro atoms. The molecule has 0 N–H and O–H groups in total. The van der Waals surface area contributed by atoms with Gasteiger partial charge in [-0.1, -0.05) is 26.8 Å². The van der Waals surface area contributed by atoms with Crippen LogP contribution in [0.5, 0.6) is 5.75 Å². The molecule has 0 fully saturated rings. The van der Waals surface area contributed by atoms with E-state index < -0.39 is 5.54 Å². The van der Waals surface area contributed by atoms with E-state index in [2.05, 4.69) is 25.7 Å². The molecule has 0 aromatic heterocycles. The Morgan fingerprint density at radius 2 is 1.76 bits per heavy atom. The predicted octanol–water partition coefficient (Wildman–Crippen LogP) is 4.01. The summed E-state index contributed by atoms with van der Waals surface area (Å²) in [5, 5.41) is 0. The van der Waals surface area contributed by atoms with E-state index in [1.54, 1.807) is 7.11 Å². The Balaban J connectivity index is 3.41. The molecule has 0 radical (unpaired) electrons. The third kappa shape index (κ3) is 3.29. The van der Waals surface area contributed by atoms with Crippen LogP contribution in [-0.2, 0) is 0 Å². The first-order valence-electron chi connectivity index (χ1n) is 7.80. The normalized spacial score (nSPS) is 14.1. The quantitative estimate of drug-likeness (QED) is 0.711. The maximum absolute atomic E-state index is 13.2. The summed E-state index contributed by atoms with van der Waals surface area (Å²) in [7, 11) is 1.63. The van der Waals surface area contributed by atoms with Gasteiger partial charge in [-0.15, -0.1) is 0 Å². The highest BCUT2D eigenvalue weighted by atomic mass is 16.5. The Labute approximate surface area is 129 Å². The van der Waals surface area contributed by atoms with Gasteiger partial charge in [-0.25, -0.2) is 0 Å². The van der Waals surface area contributed by atoms with Gasteiger partial charge in [0.05, 0.1) is 18.2 Å². The van der Waals surface area contributed by atoms with Crippen LogP contribution in [0.15, 0.2) is 12.1 Å². The number of benzene rings is 1. The average Bonchev–Trinajstić information content (AvgIpc) is 2.46. The lowest BCUT2D eigenvalue weighted by Crippen LogP contribution is -2.52. The van der Waals surface area contributed by atoms with Gasteiger partial charge >= 0.3 is 0 Å². The molecule has 0 aliphatic carbocycles. The average molecular weight is 291 g/mol. The molecule has 1 unspecified atom stereocenters. The van der Waals surface area contributed by atoms with Gasteiger partial charge < -0.3 is 4.74 Å². The zero-order chi connectivity index (χ0) is 16.2. The molecule has 3 heteroatoms. The third-order valence-corrected chi connectivity index (χ3v) is 4.53. The fraction of sp³-hybridized carbons (Fsp3) is 0.611. The molecule has 0 aliphatic rings. The van der Waals surface area contributed by atoms with Crippen molar-refractivity contribution in [2.75, 3.05) is 20.2 Å². The van der Waals surface area contributed by atoms with Crippen LogP contribution in [0.2, 0.25) is 0 Å². The Morgan fingerprint density at radius 3 is 2.19 bits per heavy atom. The second kappa shape index (κ2) is 7.08. The molecule has 1 rings (SSSR count). The molecule has 118 valence electrons. The first kappa shape index (κ1) is 17.7. The van der Waals surface area contributed by atoms with E-state index in [9.17, 15) is 4.79 Å². The Morgan fingerprint density at radius 1 is 1.19 bits per heavy atom. The number of carbonyl (C=O) groups excluding carboxylic acids is 1. The van der Waals surface area contributed by atoms with Crippen molar-refractivity contribution in [3.05, 3.63) is 28.8 Å². The van der Waals surface area contributed by atoms with Gasteiger partial charge in [0.2, 0.25) is 0 Å². The van der Waals surface area contributed by atoms with Gasteiger partial charge in [-0.05, 0) is 57.5 Å². The number of hydrogen-bond donors (Lipinski definition) is 0. The van der Waals surface area contributed by atoms with Gasteiger partial charge in [0.1, 0.15) is 5.75 Å². The number of carbonyl (C=O) groups is 1. The Kier molecular flexibility index (Phi) is 5.97. The van der Waals surface area contributed by atoms with Crippen molar-refractivity contribution in [2.24, 2.45) is 0 Å².